The van der Waals surface area contributed by atoms with Gasteiger partial charge in [0, 0.05) is 19.1 Å². The Balaban J connectivity index is 1.70. The Morgan fingerprint density at radius 3 is 2.17 bits per heavy atom. The van der Waals surface area contributed by atoms with Gasteiger partial charge in [0.15, 0.2) is 0 Å². The van der Waals surface area contributed by atoms with Crippen molar-refractivity contribution >= 4 is 10.2 Å². The molecule has 1 atom stereocenters. The van der Waals surface area contributed by atoms with Crippen LogP contribution in [0.3, 0.4) is 0 Å². The summed E-state index contributed by atoms with van der Waals surface area (Å²) >= 11 is 0. The lowest BCUT2D eigenvalue weighted by Crippen LogP contribution is -2.47. The van der Waals surface area contributed by atoms with Gasteiger partial charge in [0.1, 0.15) is 0 Å². The highest BCUT2D eigenvalue weighted by Crippen LogP contribution is 2.22. The highest BCUT2D eigenvalue weighted by molar-refractivity contribution is 7.87. The lowest BCUT2D eigenvalue weighted by molar-refractivity contribution is 0.0723. The molecule has 0 amide bonds. The van der Waals surface area contributed by atoms with Gasteiger partial charge in [-0.2, -0.15) is 17.4 Å². The standard InChI is InChI=1S/C18H22N2O3S/c1-15(19-24(21,22)20-11-13-23-14-12-20)16-7-9-18(10-8-16)17-5-3-2-4-6-17/h2-10,15,19H,11-14H2,1H3. The quantitative estimate of drug-likeness (QED) is 0.905. The average Bonchev–Trinajstić information content (AvgIpc) is 2.63. The molecular weight excluding hydrogens is 324 g/mol. The molecule has 1 aliphatic rings. The van der Waals surface area contributed by atoms with Crippen molar-refractivity contribution in [2.45, 2.75) is 13.0 Å². The molecule has 0 saturated carbocycles. The maximum absolute atomic E-state index is 12.4. The van der Waals surface area contributed by atoms with E-state index in [1.54, 1.807) is 0 Å². The van der Waals surface area contributed by atoms with E-state index < -0.39 is 10.2 Å². The van der Waals surface area contributed by atoms with Crippen LogP contribution in [0.4, 0.5) is 0 Å². The van der Waals surface area contributed by atoms with E-state index in [2.05, 4.69) is 16.9 Å². The summed E-state index contributed by atoms with van der Waals surface area (Å²) in [6.45, 7) is 3.54. The Bertz CT molecular complexity index is 755. The highest BCUT2D eigenvalue weighted by atomic mass is 32.2. The van der Waals surface area contributed by atoms with Gasteiger partial charge in [-0.25, -0.2) is 0 Å². The molecule has 128 valence electrons. The zero-order chi connectivity index (χ0) is 17.0. The molecule has 1 N–H and O–H groups in total. The van der Waals surface area contributed by atoms with Crippen molar-refractivity contribution in [2.75, 3.05) is 26.3 Å². The molecule has 0 spiro atoms. The molecule has 0 radical (unpaired) electrons. The van der Waals surface area contributed by atoms with Gasteiger partial charge >= 0.3 is 0 Å². The SMILES string of the molecule is CC(NS(=O)(=O)N1CCOCC1)c1ccc(-c2ccccc2)cc1. The number of rotatable bonds is 5. The minimum Gasteiger partial charge on any atom is -0.379 e. The molecule has 24 heavy (non-hydrogen) atoms. The molecule has 1 saturated heterocycles. The van der Waals surface area contributed by atoms with Crippen molar-refractivity contribution in [3.8, 4) is 11.1 Å². The number of ether oxygens (including phenoxy) is 1. The fourth-order valence-electron chi connectivity index (χ4n) is 2.75. The van der Waals surface area contributed by atoms with Gasteiger partial charge in [-0.3, -0.25) is 0 Å². The predicted molar refractivity (Wildman–Crippen MR) is 94.7 cm³/mol. The first-order valence-electron chi connectivity index (χ1n) is 8.07. The Morgan fingerprint density at radius 2 is 1.54 bits per heavy atom. The van der Waals surface area contributed by atoms with E-state index in [0.29, 0.717) is 26.3 Å². The normalized spacial score (nSPS) is 17.5. The molecule has 0 aromatic heterocycles. The van der Waals surface area contributed by atoms with Gasteiger partial charge in [0.05, 0.1) is 13.2 Å². The van der Waals surface area contributed by atoms with Gasteiger partial charge < -0.3 is 4.74 Å². The number of nitrogens with zero attached hydrogens (tertiary/aromatic N) is 1. The summed E-state index contributed by atoms with van der Waals surface area (Å²) in [4.78, 5) is 0. The number of hydrogen-bond donors (Lipinski definition) is 1. The third kappa shape index (κ3) is 4.02. The van der Waals surface area contributed by atoms with Crippen LogP contribution in [0.2, 0.25) is 0 Å². The maximum atomic E-state index is 12.4. The van der Waals surface area contributed by atoms with Gasteiger partial charge in [-0.05, 0) is 23.6 Å². The minimum absolute atomic E-state index is 0.289. The van der Waals surface area contributed by atoms with E-state index in [-0.39, 0.29) is 6.04 Å². The lowest BCUT2D eigenvalue weighted by Gasteiger charge is -2.27. The summed E-state index contributed by atoms with van der Waals surface area (Å²) in [5, 5.41) is 0. The molecule has 5 nitrogen and oxygen atoms in total. The third-order valence-corrected chi connectivity index (χ3v) is 5.85. The predicted octanol–water partition coefficient (Wildman–Crippen LogP) is 2.58. The Hall–Kier alpha value is -1.73. The van der Waals surface area contributed by atoms with Crippen LogP contribution >= 0.6 is 0 Å². The van der Waals surface area contributed by atoms with Crippen LogP contribution < -0.4 is 4.72 Å². The number of nitrogens with one attached hydrogen (secondary N) is 1. The molecule has 1 heterocycles. The molecule has 2 aromatic rings. The molecule has 6 heteroatoms. The van der Waals surface area contributed by atoms with E-state index in [1.807, 2.05) is 49.4 Å². The summed E-state index contributed by atoms with van der Waals surface area (Å²) in [6, 6.07) is 17.8. The molecule has 1 aliphatic heterocycles. The van der Waals surface area contributed by atoms with Crippen LogP contribution in [-0.2, 0) is 14.9 Å². The second kappa shape index (κ2) is 7.44. The van der Waals surface area contributed by atoms with Gasteiger partial charge in [-0.1, -0.05) is 54.6 Å². The third-order valence-electron chi connectivity index (χ3n) is 4.15. The van der Waals surface area contributed by atoms with Crippen LogP contribution in [0.1, 0.15) is 18.5 Å². The van der Waals surface area contributed by atoms with Crippen LogP contribution in [0.25, 0.3) is 11.1 Å². The lowest BCUT2D eigenvalue weighted by atomic mass is 10.0. The Labute approximate surface area is 143 Å². The van der Waals surface area contributed by atoms with Crippen LogP contribution in [-0.4, -0.2) is 39.0 Å². The summed E-state index contributed by atoms with van der Waals surface area (Å²) in [7, 11) is -3.49. The van der Waals surface area contributed by atoms with Crippen LogP contribution in [0.15, 0.2) is 54.6 Å². The van der Waals surface area contributed by atoms with Gasteiger partial charge in [-0.15, -0.1) is 0 Å². The molecule has 1 fully saturated rings. The van der Waals surface area contributed by atoms with Crippen LogP contribution in [0, 0.1) is 0 Å². The fourth-order valence-corrected chi connectivity index (χ4v) is 4.11. The molecule has 3 rings (SSSR count). The highest BCUT2D eigenvalue weighted by Gasteiger charge is 2.26. The van der Waals surface area contributed by atoms with E-state index >= 15 is 0 Å². The van der Waals surface area contributed by atoms with E-state index in [0.717, 1.165) is 16.7 Å². The van der Waals surface area contributed by atoms with Crippen molar-refractivity contribution in [2.24, 2.45) is 0 Å². The first-order valence-corrected chi connectivity index (χ1v) is 9.51. The largest absolute Gasteiger partial charge is 0.379 e. The van der Waals surface area contributed by atoms with Crippen molar-refractivity contribution < 1.29 is 13.2 Å². The Kier molecular flexibility index (Phi) is 5.30. The van der Waals surface area contributed by atoms with E-state index in [9.17, 15) is 8.42 Å². The second-order valence-electron chi connectivity index (χ2n) is 5.84. The monoisotopic (exact) mass is 346 g/mol. The Morgan fingerprint density at radius 1 is 0.958 bits per heavy atom. The van der Waals surface area contributed by atoms with Crippen LogP contribution in [0.5, 0.6) is 0 Å². The molecule has 2 aromatic carbocycles. The van der Waals surface area contributed by atoms with E-state index in [1.165, 1.54) is 4.31 Å². The van der Waals surface area contributed by atoms with Gasteiger partial charge in [0.2, 0.25) is 0 Å². The topological polar surface area (TPSA) is 58.6 Å². The molecule has 0 aliphatic carbocycles. The summed E-state index contributed by atoms with van der Waals surface area (Å²) in [6.07, 6.45) is 0. The van der Waals surface area contributed by atoms with Crippen molar-refractivity contribution in [1.29, 1.82) is 0 Å². The second-order valence-corrected chi connectivity index (χ2v) is 7.55. The number of hydrogen-bond acceptors (Lipinski definition) is 3. The van der Waals surface area contributed by atoms with E-state index in [4.69, 9.17) is 4.74 Å². The summed E-state index contributed by atoms with van der Waals surface area (Å²) in [5.74, 6) is 0. The average molecular weight is 346 g/mol. The number of morpholine rings is 1. The zero-order valence-electron chi connectivity index (χ0n) is 13.7. The summed E-state index contributed by atoms with van der Waals surface area (Å²) in [5.41, 5.74) is 3.19. The fraction of sp³-hybridized carbons (Fsp3) is 0.333. The molecule has 0 bridgehead atoms. The van der Waals surface area contributed by atoms with Crippen molar-refractivity contribution in [3.05, 3.63) is 60.2 Å². The molecule has 1 unspecified atom stereocenters. The zero-order valence-corrected chi connectivity index (χ0v) is 14.5. The van der Waals surface area contributed by atoms with Crippen molar-refractivity contribution in [3.63, 3.8) is 0 Å². The van der Waals surface area contributed by atoms with Gasteiger partial charge in [0.25, 0.3) is 10.2 Å². The smallest absolute Gasteiger partial charge is 0.280 e. The first-order chi connectivity index (χ1) is 11.6. The first kappa shape index (κ1) is 17.1. The van der Waals surface area contributed by atoms with Crippen molar-refractivity contribution in [1.82, 2.24) is 9.03 Å². The minimum atomic E-state index is -3.49. The number of benzene rings is 2. The molecular formula is C18H22N2O3S. The summed E-state index contributed by atoms with van der Waals surface area (Å²) < 4.78 is 34.2. The maximum Gasteiger partial charge on any atom is 0.280 e.